The molecule has 0 spiro atoms. The Labute approximate surface area is 408 Å². The number of piperazine rings is 1. The Balaban J connectivity index is 0.655. The first kappa shape index (κ1) is 49.5. The normalized spacial score (nSPS) is 18.7. The molecule has 4 aliphatic heterocycles. The summed E-state index contributed by atoms with van der Waals surface area (Å²) in [6.45, 7) is 9.03. The van der Waals surface area contributed by atoms with Crippen molar-refractivity contribution in [3.63, 3.8) is 0 Å². The lowest BCUT2D eigenvalue weighted by molar-refractivity contribution is -0.137. The number of ketones is 1. The number of nitrogens with zero attached hydrogens (tertiary/aromatic N) is 6. The molecule has 8 rings (SSSR count). The fourth-order valence-corrected chi connectivity index (χ4v) is 11.3. The van der Waals surface area contributed by atoms with Crippen LogP contribution in [0.2, 0.25) is 5.02 Å². The molecule has 5 heterocycles. The fourth-order valence-electron chi connectivity index (χ4n) is 10.0. The summed E-state index contributed by atoms with van der Waals surface area (Å²) in [7, 11) is 1.58. The molecule has 3 aromatic carbocycles. The minimum Gasteiger partial charge on any atom is -0.496 e. The van der Waals surface area contributed by atoms with Crippen LogP contribution in [0.3, 0.4) is 0 Å². The topological polar surface area (TPSA) is 140 Å². The molecule has 4 aromatic rings. The first-order valence-corrected chi connectivity index (χ1v) is 25.8. The maximum Gasteiger partial charge on any atom is 0.255 e. The molecule has 2 N–H and O–H groups in total. The van der Waals surface area contributed by atoms with Gasteiger partial charge in [-0.3, -0.25) is 34.3 Å². The van der Waals surface area contributed by atoms with Gasteiger partial charge < -0.3 is 19.9 Å². The van der Waals surface area contributed by atoms with Crippen molar-refractivity contribution in [2.75, 3.05) is 70.5 Å². The fraction of sp³-hybridized carbons (Fsp3) is 0.500. The zero-order valence-electron chi connectivity index (χ0n) is 39.2. The van der Waals surface area contributed by atoms with E-state index in [9.17, 15) is 23.6 Å². The van der Waals surface area contributed by atoms with Crippen molar-refractivity contribution in [2.45, 2.75) is 107 Å². The monoisotopic (exact) mass is 966 g/mol. The molecule has 0 radical (unpaired) electrons. The number of anilines is 2. The van der Waals surface area contributed by atoms with E-state index < -0.39 is 11.9 Å². The van der Waals surface area contributed by atoms with Crippen LogP contribution in [0.25, 0.3) is 10.9 Å². The van der Waals surface area contributed by atoms with Crippen LogP contribution in [0.1, 0.15) is 98.5 Å². The average molecular weight is 968 g/mol. The van der Waals surface area contributed by atoms with Crippen molar-refractivity contribution in [2.24, 2.45) is 0 Å². The lowest BCUT2D eigenvalue weighted by atomic mass is 10.0. The summed E-state index contributed by atoms with van der Waals surface area (Å²) in [5.74, 6) is 0.859. The van der Waals surface area contributed by atoms with Crippen LogP contribution in [-0.2, 0) is 27.3 Å². The van der Waals surface area contributed by atoms with Crippen LogP contribution in [-0.4, -0.2) is 130 Å². The number of aromatic nitrogens is 2. The number of piperidine rings is 2. The molecule has 16 heteroatoms. The number of thioether (sulfide) groups is 1. The largest absolute Gasteiger partial charge is 0.496 e. The van der Waals surface area contributed by atoms with E-state index in [4.69, 9.17) is 16.3 Å². The van der Waals surface area contributed by atoms with E-state index in [0.29, 0.717) is 52.7 Å². The second kappa shape index (κ2) is 24.1. The summed E-state index contributed by atoms with van der Waals surface area (Å²) in [5, 5.41) is 6.30. The van der Waals surface area contributed by atoms with Crippen LogP contribution in [0.4, 0.5) is 15.9 Å². The Morgan fingerprint density at radius 3 is 2.43 bits per heavy atom. The summed E-state index contributed by atoms with van der Waals surface area (Å²) in [6.07, 6.45) is 18.3. The van der Waals surface area contributed by atoms with Crippen LogP contribution in [0.5, 0.6) is 5.75 Å². The van der Waals surface area contributed by atoms with Gasteiger partial charge in [-0.25, -0.2) is 14.4 Å². The number of hydrogen-bond donors (Lipinski definition) is 2. The lowest BCUT2D eigenvalue weighted by Gasteiger charge is -2.42. The molecule has 1 unspecified atom stereocenters. The van der Waals surface area contributed by atoms with E-state index in [2.05, 4.69) is 41.4 Å². The third kappa shape index (κ3) is 12.8. The van der Waals surface area contributed by atoms with Crippen molar-refractivity contribution in [3.8, 4) is 5.75 Å². The third-order valence-corrected chi connectivity index (χ3v) is 15.4. The predicted octanol–water partition coefficient (Wildman–Crippen LogP) is 8.60. The lowest BCUT2D eigenvalue weighted by Crippen LogP contribution is -2.53. The number of halogens is 2. The molecule has 362 valence electrons. The number of allylic oxidation sites excluding steroid dienone is 1. The van der Waals surface area contributed by atoms with E-state index in [0.717, 1.165) is 86.9 Å². The Morgan fingerprint density at radius 2 is 1.68 bits per heavy atom. The number of likely N-dealkylation sites (tertiary alicyclic amines) is 1. The first-order chi connectivity index (χ1) is 33.1. The second-order valence-corrected chi connectivity index (χ2v) is 20.0. The number of nitrogens with one attached hydrogen (secondary N) is 2. The SMILES string of the molecule is COc1cc2ncnc(Nc3ccc(F)c(Cl)c3)c2cc1CC(=O)/C=C/CN1CCC(N2CCN(CCCCCCCCCCSc3cccc4c3CN(C3CCC(=O)NC3=O)C4=O)CC2)CC1. The van der Waals surface area contributed by atoms with Crippen molar-refractivity contribution >= 4 is 69.3 Å². The number of unbranched alkanes of at least 4 members (excludes halogenated alkanes) is 7. The molecule has 0 aliphatic carbocycles. The molecule has 13 nitrogen and oxygen atoms in total. The highest BCUT2D eigenvalue weighted by atomic mass is 35.5. The summed E-state index contributed by atoms with van der Waals surface area (Å²) in [5.41, 5.74) is 3.67. The number of benzene rings is 3. The molecule has 3 saturated heterocycles. The van der Waals surface area contributed by atoms with E-state index in [1.165, 1.54) is 70.0 Å². The maximum atomic E-state index is 13.7. The van der Waals surface area contributed by atoms with Gasteiger partial charge in [0.2, 0.25) is 11.8 Å². The molecular formula is C52H64ClFN8O5S. The van der Waals surface area contributed by atoms with Gasteiger partial charge in [0.05, 0.1) is 17.6 Å². The summed E-state index contributed by atoms with van der Waals surface area (Å²) in [6, 6.07) is 14.0. The zero-order chi connectivity index (χ0) is 47.4. The number of amides is 3. The van der Waals surface area contributed by atoms with Crippen LogP contribution < -0.4 is 15.4 Å². The maximum absolute atomic E-state index is 13.7. The van der Waals surface area contributed by atoms with Gasteiger partial charge in [0.15, 0.2) is 5.78 Å². The van der Waals surface area contributed by atoms with E-state index in [1.54, 1.807) is 30.2 Å². The smallest absolute Gasteiger partial charge is 0.255 e. The van der Waals surface area contributed by atoms with Gasteiger partial charge in [-0.15, -0.1) is 11.8 Å². The van der Waals surface area contributed by atoms with Crippen molar-refractivity contribution in [3.05, 3.63) is 94.5 Å². The highest BCUT2D eigenvalue weighted by molar-refractivity contribution is 7.99. The summed E-state index contributed by atoms with van der Waals surface area (Å²) in [4.78, 5) is 69.7. The third-order valence-electron chi connectivity index (χ3n) is 13.9. The molecule has 1 aromatic heterocycles. The highest BCUT2D eigenvalue weighted by Gasteiger charge is 2.40. The van der Waals surface area contributed by atoms with Gasteiger partial charge >= 0.3 is 0 Å². The summed E-state index contributed by atoms with van der Waals surface area (Å²) < 4.78 is 19.4. The number of imide groups is 1. The second-order valence-electron chi connectivity index (χ2n) is 18.5. The quantitative estimate of drug-likeness (QED) is 0.0338. The van der Waals surface area contributed by atoms with E-state index >= 15 is 0 Å². The van der Waals surface area contributed by atoms with Crippen molar-refractivity contribution in [1.82, 2.24) is 34.9 Å². The zero-order valence-corrected chi connectivity index (χ0v) is 40.7. The molecule has 3 amide bonds. The van der Waals surface area contributed by atoms with Crippen molar-refractivity contribution in [1.29, 1.82) is 0 Å². The van der Waals surface area contributed by atoms with Crippen LogP contribution >= 0.6 is 23.4 Å². The van der Waals surface area contributed by atoms with Gasteiger partial charge in [-0.1, -0.05) is 62.3 Å². The van der Waals surface area contributed by atoms with Gasteiger partial charge in [0.25, 0.3) is 5.91 Å². The predicted molar refractivity (Wildman–Crippen MR) is 266 cm³/mol. The number of carbonyl (C=O) groups excluding carboxylic acids is 4. The molecule has 0 bridgehead atoms. The Bertz CT molecular complexity index is 2460. The van der Waals surface area contributed by atoms with E-state index in [1.807, 2.05) is 36.0 Å². The molecule has 68 heavy (non-hydrogen) atoms. The Morgan fingerprint density at radius 1 is 0.912 bits per heavy atom. The highest BCUT2D eigenvalue weighted by Crippen LogP contribution is 2.35. The Hall–Kier alpha value is -4.93. The molecule has 3 fully saturated rings. The number of hydrogen-bond acceptors (Lipinski definition) is 12. The van der Waals surface area contributed by atoms with Gasteiger partial charge in [0, 0.05) is 91.3 Å². The number of carbonyl (C=O) groups is 4. The minimum atomic E-state index is -0.578. The summed E-state index contributed by atoms with van der Waals surface area (Å²) >= 11 is 7.80. The number of methoxy groups -OCH3 is 1. The van der Waals surface area contributed by atoms with Crippen LogP contribution in [0, 0.1) is 5.82 Å². The Kier molecular flexibility index (Phi) is 17.5. The number of rotatable bonds is 22. The minimum absolute atomic E-state index is 0.00760. The molecule has 4 aliphatic rings. The van der Waals surface area contributed by atoms with Gasteiger partial charge in [-0.2, -0.15) is 0 Å². The molecule has 0 saturated carbocycles. The van der Waals surface area contributed by atoms with Gasteiger partial charge in [-0.05, 0) is 106 Å². The number of ether oxygens (including phenoxy) is 1. The number of fused-ring (bicyclic) bond motifs is 2. The van der Waals surface area contributed by atoms with Crippen LogP contribution in [0.15, 0.2) is 71.9 Å². The standard InChI is InChI=1S/C52H64ClFN8O5S/c1-67-47-33-45-41(50(56-35-55-45)57-37-15-16-44(54)43(53)32-37)31-36(47)30-39(63)12-11-22-59-23-19-38(20-24-59)61-27-25-60(26-28-61)21-8-6-4-2-3-5-7-9-29-68-48-14-10-13-40-42(48)34-62(52(40)66)46-17-18-49(64)58-51(46)65/h10-16,31-33,35,38,46H,2-9,17-30,34H2,1H3,(H,55,56,57)(H,58,64,65)/b12-11+. The molecule has 1 atom stereocenters. The van der Waals surface area contributed by atoms with E-state index in [-0.39, 0.29) is 41.4 Å². The average Bonchev–Trinajstić information content (AvgIpc) is 3.68. The first-order valence-electron chi connectivity index (χ1n) is 24.4. The molecular weight excluding hydrogens is 903 g/mol. The van der Waals surface area contributed by atoms with Gasteiger partial charge in [0.1, 0.15) is 29.8 Å². The van der Waals surface area contributed by atoms with Crippen molar-refractivity contribution < 1.29 is 28.3 Å².